The first-order valence-electron chi connectivity index (χ1n) is 11.0. The van der Waals surface area contributed by atoms with Crippen LogP contribution in [0.2, 0.25) is 0 Å². The molecule has 0 bridgehead atoms. The van der Waals surface area contributed by atoms with Crippen molar-refractivity contribution in [1.29, 1.82) is 0 Å². The number of benzene rings is 1. The fourth-order valence-corrected chi connectivity index (χ4v) is 6.04. The highest BCUT2D eigenvalue weighted by Gasteiger charge is 2.29. The summed E-state index contributed by atoms with van der Waals surface area (Å²) >= 11 is 0. The number of hydrogen-bond donors (Lipinski definition) is 1. The molecule has 0 aromatic heterocycles. The first-order valence-corrected chi connectivity index (χ1v) is 12.4. The Morgan fingerprint density at radius 1 is 1.10 bits per heavy atom. The van der Waals surface area contributed by atoms with Crippen LogP contribution in [0.25, 0.3) is 0 Å². The van der Waals surface area contributed by atoms with Crippen molar-refractivity contribution in [3.05, 3.63) is 30.3 Å². The van der Waals surface area contributed by atoms with Crippen LogP contribution >= 0.6 is 0 Å². The van der Waals surface area contributed by atoms with Gasteiger partial charge >= 0.3 is 0 Å². The van der Waals surface area contributed by atoms with E-state index in [9.17, 15) is 8.42 Å². The molecule has 0 amide bonds. The minimum Gasteiger partial charge on any atom is -0.357 e. The van der Waals surface area contributed by atoms with Crippen molar-refractivity contribution < 1.29 is 8.42 Å². The average molecular weight is 421 g/mol. The summed E-state index contributed by atoms with van der Waals surface area (Å²) in [4.78, 5) is 7.73. The minimum atomic E-state index is -3.38. The van der Waals surface area contributed by atoms with Gasteiger partial charge in [0.25, 0.3) is 0 Å². The van der Waals surface area contributed by atoms with Gasteiger partial charge in [-0.15, -0.1) is 0 Å². The lowest BCUT2D eigenvalue weighted by molar-refractivity contribution is 0.207. The van der Waals surface area contributed by atoms with E-state index < -0.39 is 10.0 Å². The third kappa shape index (κ3) is 5.72. The van der Waals surface area contributed by atoms with Crippen LogP contribution < -0.4 is 5.32 Å². The maximum absolute atomic E-state index is 12.8. The molecule has 162 valence electrons. The Labute approximate surface area is 176 Å². The second kappa shape index (κ2) is 9.94. The summed E-state index contributed by atoms with van der Waals surface area (Å²) in [6, 6.07) is 8.75. The molecule has 7 heteroatoms. The number of hydrogen-bond acceptors (Lipinski definition) is 3. The molecular weight excluding hydrogens is 384 g/mol. The molecule has 3 rings (SSSR count). The summed E-state index contributed by atoms with van der Waals surface area (Å²) in [6.07, 6.45) is 3.01. The number of aliphatic imine (C=N–C) groups is 1. The number of likely N-dealkylation sites (tertiary alicyclic amines) is 1. The van der Waals surface area contributed by atoms with Crippen LogP contribution in [0.1, 0.15) is 40.0 Å². The van der Waals surface area contributed by atoms with Gasteiger partial charge in [-0.05, 0) is 56.1 Å². The number of piperidine rings is 2. The van der Waals surface area contributed by atoms with Crippen molar-refractivity contribution in [3.8, 4) is 0 Å². The van der Waals surface area contributed by atoms with E-state index in [1.165, 1.54) is 6.42 Å². The van der Waals surface area contributed by atoms with E-state index in [1.54, 1.807) is 28.6 Å². The smallest absolute Gasteiger partial charge is 0.243 e. The average Bonchev–Trinajstić information content (AvgIpc) is 2.71. The van der Waals surface area contributed by atoms with Crippen LogP contribution in [0.3, 0.4) is 0 Å². The standard InChI is InChI=1S/C22H36N4O2S/c1-4-23-22(25-16-18(2)14-19(3)17-25)24-15-20-10-12-26(13-11-20)29(27,28)21-8-6-5-7-9-21/h5-9,18-20H,4,10-17H2,1-3H3,(H,23,24). The van der Waals surface area contributed by atoms with Gasteiger partial charge in [0, 0.05) is 39.3 Å². The van der Waals surface area contributed by atoms with Crippen molar-refractivity contribution in [3.63, 3.8) is 0 Å². The van der Waals surface area contributed by atoms with Gasteiger partial charge in [0.15, 0.2) is 5.96 Å². The molecule has 0 radical (unpaired) electrons. The van der Waals surface area contributed by atoms with E-state index in [0.29, 0.717) is 35.7 Å². The Morgan fingerprint density at radius 2 is 1.72 bits per heavy atom. The van der Waals surface area contributed by atoms with E-state index in [4.69, 9.17) is 4.99 Å². The highest BCUT2D eigenvalue weighted by Crippen LogP contribution is 2.25. The molecule has 6 nitrogen and oxygen atoms in total. The molecule has 0 spiro atoms. The van der Waals surface area contributed by atoms with Gasteiger partial charge in [0.1, 0.15) is 0 Å². The van der Waals surface area contributed by atoms with E-state index in [1.807, 2.05) is 6.07 Å². The summed E-state index contributed by atoms with van der Waals surface area (Å²) < 4.78 is 27.2. The summed E-state index contributed by atoms with van der Waals surface area (Å²) in [5.74, 6) is 2.83. The maximum Gasteiger partial charge on any atom is 0.243 e. The van der Waals surface area contributed by atoms with E-state index >= 15 is 0 Å². The Bertz CT molecular complexity index is 763. The number of nitrogens with zero attached hydrogens (tertiary/aromatic N) is 3. The molecule has 2 heterocycles. The van der Waals surface area contributed by atoms with Gasteiger partial charge in [0.2, 0.25) is 10.0 Å². The van der Waals surface area contributed by atoms with Crippen LogP contribution in [0.4, 0.5) is 0 Å². The molecule has 2 aliphatic rings. The third-order valence-corrected chi connectivity index (χ3v) is 7.87. The van der Waals surface area contributed by atoms with Crippen LogP contribution in [-0.4, -0.2) is 62.9 Å². The molecule has 2 unspecified atom stereocenters. The number of sulfonamides is 1. The largest absolute Gasteiger partial charge is 0.357 e. The molecule has 2 aliphatic heterocycles. The SMILES string of the molecule is CCNC(=NCC1CCN(S(=O)(=O)c2ccccc2)CC1)N1CC(C)CC(C)C1. The monoisotopic (exact) mass is 420 g/mol. The lowest BCUT2D eigenvalue weighted by Gasteiger charge is -2.37. The van der Waals surface area contributed by atoms with Crippen LogP contribution in [-0.2, 0) is 10.0 Å². The minimum absolute atomic E-state index is 0.388. The number of rotatable bonds is 5. The summed E-state index contributed by atoms with van der Waals surface area (Å²) in [5.41, 5.74) is 0. The number of guanidine groups is 1. The summed E-state index contributed by atoms with van der Waals surface area (Å²) in [6.45, 7) is 11.6. The maximum atomic E-state index is 12.8. The Hall–Kier alpha value is -1.60. The lowest BCUT2D eigenvalue weighted by atomic mass is 9.92. The fraction of sp³-hybridized carbons (Fsp3) is 0.682. The Balaban J connectivity index is 1.57. The van der Waals surface area contributed by atoms with Gasteiger partial charge in [-0.3, -0.25) is 4.99 Å². The van der Waals surface area contributed by atoms with Crippen molar-refractivity contribution in [2.24, 2.45) is 22.7 Å². The van der Waals surface area contributed by atoms with E-state index in [2.05, 4.69) is 31.0 Å². The zero-order valence-electron chi connectivity index (χ0n) is 18.0. The van der Waals surface area contributed by atoms with Gasteiger partial charge in [-0.2, -0.15) is 4.31 Å². The zero-order chi connectivity index (χ0) is 20.9. The first kappa shape index (κ1) is 22.1. The normalized spacial score (nSPS) is 25.2. The van der Waals surface area contributed by atoms with Gasteiger partial charge in [0.05, 0.1) is 4.90 Å². The molecule has 29 heavy (non-hydrogen) atoms. The van der Waals surface area contributed by atoms with Gasteiger partial charge in [-0.1, -0.05) is 32.0 Å². The Morgan fingerprint density at radius 3 is 2.31 bits per heavy atom. The quantitative estimate of drug-likeness (QED) is 0.587. The molecular formula is C22H36N4O2S. The predicted octanol–water partition coefficient (Wildman–Crippen LogP) is 3.03. The Kier molecular flexibility index (Phi) is 7.57. The van der Waals surface area contributed by atoms with E-state index in [-0.39, 0.29) is 0 Å². The van der Waals surface area contributed by atoms with Gasteiger partial charge < -0.3 is 10.2 Å². The second-order valence-corrected chi connectivity index (χ2v) is 10.6. The molecule has 1 aromatic rings. The highest BCUT2D eigenvalue weighted by molar-refractivity contribution is 7.89. The third-order valence-electron chi connectivity index (χ3n) is 5.96. The first-order chi connectivity index (χ1) is 13.9. The van der Waals surface area contributed by atoms with Crippen molar-refractivity contribution in [1.82, 2.24) is 14.5 Å². The molecule has 2 atom stereocenters. The highest BCUT2D eigenvalue weighted by atomic mass is 32.2. The summed E-state index contributed by atoms with van der Waals surface area (Å²) in [7, 11) is -3.38. The predicted molar refractivity (Wildman–Crippen MR) is 118 cm³/mol. The molecule has 1 N–H and O–H groups in total. The lowest BCUT2D eigenvalue weighted by Crippen LogP contribution is -2.48. The van der Waals surface area contributed by atoms with Crippen LogP contribution in [0, 0.1) is 17.8 Å². The van der Waals surface area contributed by atoms with Crippen LogP contribution in [0.5, 0.6) is 0 Å². The van der Waals surface area contributed by atoms with Crippen molar-refractivity contribution in [2.75, 3.05) is 39.3 Å². The molecule has 2 saturated heterocycles. The van der Waals surface area contributed by atoms with Gasteiger partial charge in [-0.25, -0.2) is 8.42 Å². The van der Waals surface area contributed by atoms with E-state index in [0.717, 1.165) is 45.0 Å². The molecule has 0 aliphatic carbocycles. The molecule has 1 aromatic carbocycles. The summed E-state index contributed by atoms with van der Waals surface area (Å²) in [5, 5.41) is 3.46. The zero-order valence-corrected chi connectivity index (χ0v) is 18.9. The second-order valence-electron chi connectivity index (χ2n) is 8.71. The van der Waals surface area contributed by atoms with Crippen molar-refractivity contribution >= 4 is 16.0 Å². The molecule has 0 saturated carbocycles. The number of nitrogens with one attached hydrogen (secondary N) is 1. The molecule has 2 fully saturated rings. The fourth-order valence-electron chi connectivity index (χ4n) is 4.55. The van der Waals surface area contributed by atoms with Crippen LogP contribution in [0.15, 0.2) is 40.2 Å². The van der Waals surface area contributed by atoms with Crippen molar-refractivity contribution in [2.45, 2.75) is 44.9 Å². The topological polar surface area (TPSA) is 65.0 Å².